The molecule has 3 heteroatoms. The summed E-state index contributed by atoms with van der Waals surface area (Å²) in [5.41, 5.74) is 0. The molecule has 0 spiro atoms. The van der Waals surface area contributed by atoms with E-state index in [1.807, 2.05) is 0 Å². The molecule has 3 nitrogen and oxygen atoms in total. The molecular weight excluding hydrogens is 204 g/mol. The van der Waals surface area contributed by atoms with Gasteiger partial charge in [0.05, 0.1) is 0 Å². The zero-order valence-electron chi connectivity index (χ0n) is 9.85. The molecule has 90 valence electrons. The van der Waals surface area contributed by atoms with Crippen LogP contribution in [0.1, 0.15) is 32.6 Å². The normalized spacial score (nSPS) is 32.8. The zero-order chi connectivity index (χ0) is 11.4. The Morgan fingerprint density at radius 1 is 1.62 bits per heavy atom. The maximum atomic E-state index is 10.8. The average Bonchev–Trinajstić information content (AvgIpc) is 2.83. The lowest BCUT2D eigenvalue weighted by Gasteiger charge is -2.09. The molecule has 2 radical (unpaired) electrons. The van der Waals surface area contributed by atoms with Crippen molar-refractivity contribution >= 4 is 5.97 Å². The first kappa shape index (κ1) is 11.9. The third-order valence-electron chi connectivity index (χ3n) is 3.27. The molecule has 0 amide bonds. The van der Waals surface area contributed by atoms with E-state index in [1.165, 1.54) is 0 Å². The molecule has 16 heavy (non-hydrogen) atoms. The van der Waals surface area contributed by atoms with Crippen LogP contribution in [0.3, 0.4) is 0 Å². The Morgan fingerprint density at radius 2 is 2.44 bits per heavy atom. The van der Waals surface area contributed by atoms with Crippen LogP contribution in [0.15, 0.2) is 0 Å². The first-order chi connectivity index (χ1) is 7.81. The quantitative estimate of drug-likeness (QED) is 0.491. The van der Waals surface area contributed by atoms with Gasteiger partial charge in [-0.3, -0.25) is 0 Å². The summed E-state index contributed by atoms with van der Waals surface area (Å²) in [6.07, 6.45) is 8.75. The van der Waals surface area contributed by atoms with Gasteiger partial charge in [0.1, 0.15) is 0 Å². The SMILES string of the molecule is CCCOC[CH]CC1C[CH]C(C2OC2=O)C1. The number of hydrogen-bond acceptors (Lipinski definition) is 3. The van der Waals surface area contributed by atoms with Crippen LogP contribution in [-0.4, -0.2) is 25.3 Å². The van der Waals surface area contributed by atoms with Gasteiger partial charge in [-0.1, -0.05) is 6.92 Å². The Kier molecular flexibility index (Phi) is 4.22. The third kappa shape index (κ3) is 3.21. The molecule has 1 saturated heterocycles. The molecular formula is C13H20O3. The summed E-state index contributed by atoms with van der Waals surface area (Å²) in [5, 5.41) is 0. The molecule has 0 aromatic carbocycles. The molecule has 2 rings (SSSR count). The van der Waals surface area contributed by atoms with E-state index in [4.69, 9.17) is 9.47 Å². The average molecular weight is 224 g/mol. The summed E-state index contributed by atoms with van der Waals surface area (Å²) >= 11 is 0. The minimum atomic E-state index is -0.0960. The second-order valence-electron chi connectivity index (χ2n) is 4.69. The number of epoxide rings is 1. The number of hydrogen-bond donors (Lipinski definition) is 0. The largest absolute Gasteiger partial charge is 0.447 e. The van der Waals surface area contributed by atoms with E-state index < -0.39 is 0 Å². The monoisotopic (exact) mass is 224 g/mol. The van der Waals surface area contributed by atoms with E-state index in [2.05, 4.69) is 19.8 Å². The van der Waals surface area contributed by atoms with Crippen molar-refractivity contribution in [2.24, 2.45) is 11.8 Å². The van der Waals surface area contributed by atoms with Crippen LogP contribution in [0.5, 0.6) is 0 Å². The number of cyclic esters (lactones) is 1. The number of rotatable bonds is 7. The topological polar surface area (TPSA) is 38.8 Å². The van der Waals surface area contributed by atoms with Gasteiger partial charge in [0, 0.05) is 19.1 Å². The van der Waals surface area contributed by atoms with E-state index in [1.54, 1.807) is 0 Å². The van der Waals surface area contributed by atoms with Gasteiger partial charge in [0.15, 0.2) is 0 Å². The first-order valence-corrected chi connectivity index (χ1v) is 6.24. The zero-order valence-corrected chi connectivity index (χ0v) is 9.85. The molecule has 2 fully saturated rings. The predicted molar refractivity (Wildman–Crippen MR) is 60.4 cm³/mol. The third-order valence-corrected chi connectivity index (χ3v) is 3.27. The van der Waals surface area contributed by atoms with E-state index in [9.17, 15) is 4.79 Å². The molecule has 2 aliphatic rings. The lowest BCUT2D eigenvalue weighted by molar-refractivity contribution is -0.117. The maximum Gasteiger partial charge on any atom is 0.348 e. The Bertz CT molecular complexity index is 239. The lowest BCUT2D eigenvalue weighted by Crippen LogP contribution is -2.06. The van der Waals surface area contributed by atoms with Crippen molar-refractivity contribution in [1.82, 2.24) is 0 Å². The first-order valence-electron chi connectivity index (χ1n) is 6.24. The predicted octanol–water partition coefficient (Wildman–Crippen LogP) is 2.16. The molecule has 1 heterocycles. The van der Waals surface area contributed by atoms with Gasteiger partial charge in [-0.05, 0) is 44.4 Å². The van der Waals surface area contributed by atoms with Crippen LogP contribution < -0.4 is 0 Å². The van der Waals surface area contributed by atoms with Crippen LogP contribution in [0, 0.1) is 24.7 Å². The Balaban J connectivity index is 1.53. The highest BCUT2D eigenvalue weighted by Gasteiger charge is 2.47. The van der Waals surface area contributed by atoms with Crippen molar-refractivity contribution in [3.05, 3.63) is 12.8 Å². The number of carbonyl (C=O) groups excluding carboxylic acids is 1. The van der Waals surface area contributed by atoms with Gasteiger partial charge in [-0.2, -0.15) is 0 Å². The molecule has 3 unspecified atom stereocenters. The summed E-state index contributed by atoms with van der Waals surface area (Å²) < 4.78 is 10.3. The smallest absolute Gasteiger partial charge is 0.348 e. The number of ether oxygens (including phenoxy) is 2. The Labute approximate surface area is 97.5 Å². The van der Waals surface area contributed by atoms with E-state index in [0.717, 1.165) is 38.9 Å². The van der Waals surface area contributed by atoms with Crippen molar-refractivity contribution in [3.63, 3.8) is 0 Å². The fraction of sp³-hybridized carbons (Fsp3) is 0.769. The molecule has 1 aliphatic heterocycles. The van der Waals surface area contributed by atoms with E-state index >= 15 is 0 Å². The highest BCUT2D eigenvalue weighted by molar-refractivity contribution is 5.87. The minimum absolute atomic E-state index is 0.0165. The summed E-state index contributed by atoms with van der Waals surface area (Å²) in [6, 6.07) is 0. The van der Waals surface area contributed by atoms with Crippen molar-refractivity contribution in [1.29, 1.82) is 0 Å². The lowest BCUT2D eigenvalue weighted by atomic mass is 9.98. The van der Waals surface area contributed by atoms with Gasteiger partial charge in [-0.25, -0.2) is 4.79 Å². The van der Waals surface area contributed by atoms with Gasteiger partial charge in [0.2, 0.25) is 6.10 Å². The van der Waals surface area contributed by atoms with Crippen LogP contribution in [-0.2, 0) is 14.3 Å². The van der Waals surface area contributed by atoms with Crippen molar-refractivity contribution in [3.8, 4) is 0 Å². The summed E-state index contributed by atoms with van der Waals surface area (Å²) in [6.45, 7) is 3.72. The molecule has 0 aromatic rings. The number of carbonyl (C=O) groups is 1. The fourth-order valence-electron chi connectivity index (χ4n) is 2.35. The van der Waals surface area contributed by atoms with Gasteiger partial charge >= 0.3 is 5.97 Å². The van der Waals surface area contributed by atoms with E-state index in [0.29, 0.717) is 11.8 Å². The van der Waals surface area contributed by atoms with Gasteiger partial charge in [0.25, 0.3) is 0 Å². The van der Waals surface area contributed by atoms with Gasteiger partial charge in [-0.15, -0.1) is 0 Å². The Morgan fingerprint density at radius 3 is 3.12 bits per heavy atom. The molecule has 3 atom stereocenters. The fourth-order valence-corrected chi connectivity index (χ4v) is 2.35. The van der Waals surface area contributed by atoms with E-state index in [-0.39, 0.29) is 12.1 Å². The van der Waals surface area contributed by atoms with Crippen molar-refractivity contribution < 1.29 is 14.3 Å². The minimum Gasteiger partial charge on any atom is -0.447 e. The molecule has 0 bridgehead atoms. The highest BCUT2D eigenvalue weighted by Crippen LogP contribution is 2.39. The summed E-state index contributed by atoms with van der Waals surface area (Å²) in [5.74, 6) is 1.05. The van der Waals surface area contributed by atoms with Crippen molar-refractivity contribution in [2.45, 2.75) is 38.7 Å². The van der Waals surface area contributed by atoms with Crippen molar-refractivity contribution in [2.75, 3.05) is 13.2 Å². The van der Waals surface area contributed by atoms with Crippen LogP contribution in [0.4, 0.5) is 0 Å². The molecule has 0 aromatic heterocycles. The standard InChI is InChI=1S/C13H20O3/c1-2-7-15-8-3-4-10-5-6-11(9-10)12-13(14)16-12/h3,6,10-12H,2,4-5,7-9H2,1H3. The van der Waals surface area contributed by atoms with Crippen LogP contribution in [0.25, 0.3) is 0 Å². The molecule has 1 saturated carbocycles. The summed E-state index contributed by atoms with van der Waals surface area (Å²) in [4.78, 5) is 10.8. The molecule has 1 aliphatic carbocycles. The molecule has 0 N–H and O–H groups in total. The second kappa shape index (κ2) is 5.67. The summed E-state index contributed by atoms with van der Waals surface area (Å²) in [7, 11) is 0. The Hall–Kier alpha value is -0.570. The second-order valence-corrected chi connectivity index (χ2v) is 4.69. The van der Waals surface area contributed by atoms with Crippen LogP contribution in [0.2, 0.25) is 0 Å². The van der Waals surface area contributed by atoms with Crippen LogP contribution >= 0.6 is 0 Å². The maximum absolute atomic E-state index is 10.8. The highest BCUT2D eigenvalue weighted by atomic mass is 16.6. The van der Waals surface area contributed by atoms with Gasteiger partial charge < -0.3 is 9.47 Å².